The van der Waals surface area contributed by atoms with Crippen molar-refractivity contribution in [3.05, 3.63) is 12.7 Å². The zero-order chi connectivity index (χ0) is 7.94. The maximum atomic E-state index is 5.40. The molecule has 64 valence electrons. The molecule has 1 heteroatoms. The zero-order valence-electron chi connectivity index (χ0n) is 7.22. The van der Waals surface area contributed by atoms with Gasteiger partial charge in [-0.05, 0) is 18.8 Å². The van der Waals surface area contributed by atoms with E-state index in [1.165, 1.54) is 32.1 Å². The molecule has 1 nitrogen and oxygen atoms in total. The van der Waals surface area contributed by atoms with Crippen LogP contribution < -0.4 is 0 Å². The minimum Gasteiger partial charge on any atom is -0.377 e. The summed E-state index contributed by atoms with van der Waals surface area (Å²) in [4.78, 5) is 0. The Morgan fingerprint density at radius 3 is 2.64 bits per heavy atom. The van der Waals surface area contributed by atoms with Crippen LogP contribution in [0.15, 0.2) is 12.7 Å². The number of hydrogen-bond acceptors (Lipinski definition) is 1. The maximum Gasteiger partial charge on any atom is 0.0644 e. The summed E-state index contributed by atoms with van der Waals surface area (Å²) in [6.45, 7) is 5.29. The van der Waals surface area contributed by atoms with Crippen molar-refractivity contribution in [3.63, 3.8) is 0 Å². The molecule has 1 rings (SSSR count). The first-order chi connectivity index (χ1) is 5.43. The van der Waals surface area contributed by atoms with Gasteiger partial charge in [0.25, 0.3) is 0 Å². The molecule has 11 heavy (non-hydrogen) atoms. The SMILES string of the molecule is C=CCOCC1CCCCC1. The fraction of sp³-hybridized carbons (Fsp3) is 0.800. The Balaban J connectivity index is 2.00. The van der Waals surface area contributed by atoms with Crippen molar-refractivity contribution in [1.29, 1.82) is 0 Å². The van der Waals surface area contributed by atoms with Crippen LogP contribution in [0.1, 0.15) is 32.1 Å². The van der Waals surface area contributed by atoms with Crippen LogP contribution in [0, 0.1) is 5.92 Å². The van der Waals surface area contributed by atoms with Crippen molar-refractivity contribution >= 4 is 0 Å². The molecule has 1 saturated carbocycles. The predicted octanol–water partition coefficient (Wildman–Crippen LogP) is 2.77. The lowest BCUT2D eigenvalue weighted by Gasteiger charge is -2.20. The fourth-order valence-corrected chi connectivity index (χ4v) is 1.67. The van der Waals surface area contributed by atoms with E-state index >= 15 is 0 Å². The standard InChI is InChI=1S/C10H18O/c1-2-8-11-9-10-6-4-3-5-7-10/h2,10H,1,3-9H2. The van der Waals surface area contributed by atoms with Crippen molar-refractivity contribution < 1.29 is 4.74 Å². The molecule has 1 aliphatic carbocycles. The van der Waals surface area contributed by atoms with Crippen molar-refractivity contribution in [2.45, 2.75) is 32.1 Å². The topological polar surface area (TPSA) is 9.23 Å². The zero-order valence-corrected chi connectivity index (χ0v) is 7.22. The molecule has 0 aromatic rings. The highest BCUT2D eigenvalue weighted by Gasteiger charge is 2.12. The van der Waals surface area contributed by atoms with Crippen LogP contribution >= 0.6 is 0 Å². The van der Waals surface area contributed by atoms with Gasteiger partial charge >= 0.3 is 0 Å². The van der Waals surface area contributed by atoms with E-state index in [0.29, 0.717) is 0 Å². The van der Waals surface area contributed by atoms with Gasteiger partial charge in [0.15, 0.2) is 0 Å². The molecule has 0 N–H and O–H groups in total. The number of ether oxygens (including phenoxy) is 1. The minimum absolute atomic E-state index is 0.719. The van der Waals surface area contributed by atoms with E-state index in [1.54, 1.807) is 0 Å². The van der Waals surface area contributed by atoms with Crippen LogP contribution in [0.5, 0.6) is 0 Å². The Morgan fingerprint density at radius 1 is 1.27 bits per heavy atom. The molecule has 1 aliphatic rings. The van der Waals surface area contributed by atoms with E-state index in [9.17, 15) is 0 Å². The summed E-state index contributed by atoms with van der Waals surface area (Å²) in [5.74, 6) is 0.837. The third-order valence-corrected chi connectivity index (χ3v) is 2.31. The first kappa shape index (κ1) is 8.79. The van der Waals surface area contributed by atoms with Crippen molar-refractivity contribution in [2.24, 2.45) is 5.92 Å². The van der Waals surface area contributed by atoms with E-state index in [2.05, 4.69) is 6.58 Å². The highest BCUT2D eigenvalue weighted by atomic mass is 16.5. The van der Waals surface area contributed by atoms with Crippen LogP contribution in [0.2, 0.25) is 0 Å². The largest absolute Gasteiger partial charge is 0.377 e. The Morgan fingerprint density at radius 2 is 2.00 bits per heavy atom. The second-order valence-corrected chi connectivity index (χ2v) is 3.33. The molecule has 0 unspecified atom stereocenters. The lowest BCUT2D eigenvalue weighted by Crippen LogP contribution is -2.13. The highest BCUT2D eigenvalue weighted by molar-refractivity contribution is 4.67. The Bertz CT molecular complexity index is 103. The first-order valence-electron chi connectivity index (χ1n) is 4.62. The molecule has 0 amide bonds. The minimum atomic E-state index is 0.719. The lowest BCUT2D eigenvalue weighted by atomic mass is 9.90. The van der Waals surface area contributed by atoms with Gasteiger partial charge in [0.1, 0.15) is 0 Å². The van der Waals surface area contributed by atoms with Gasteiger partial charge in [-0.3, -0.25) is 0 Å². The summed E-state index contributed by atoms with van der Waals surface area (Å²) in [6, 6.07) is 0. The van der Waals surface area contributed by atoms with E-state index in [4.69, 9.17) is 4.74 Å². The Hall–Kier alpha value is -0.300. The molecule has 0 heterocycles. The molecule has 0 atom stereocenters. The van der Waals surface area contributed by atoms with Crippen LogP contribution in [0.25, 0.3) is 0 Å². The Labute approximate surface area is 69.4 Å². The number of rotatable bonds is 4. The molecule has 0 bridgehead atoms. The summed E-state index contributed by atoms with van der Waals surface area (Å²) >= 11 is 0. The quantitative estimate of drug-likeness (QED) is 0.447. The Kier molecular flexibility index (Phi) is 4.29. The average molecular weight is 154 g/mol. The van der Waals surface area contributed by atoms with Crippen molar-refractivity contribution in [2.75, 3.05) is 13.2 Å². The molecular weight excluding hydrogens is 136 g/mol. The van der Waals surface area contributed by atoms with Gasteiger partial charge in [0, 0.05) is 6.61 Å². The van der Waals surface area contributed by atoms with Crippen LogP contribution in [0.3, 0.4) is 0 Å². The molecule has 0 aromatic carbocycles. The van der Waals surface area contributed by atoms with Crippen molar-refractivity contribution in [3.8, 4) is 0 Å². The van der Waals surface area contributed by atoms with E-state index in [0.717, 1.165) is 19.1 Å². The molecule has 1 fully saturated rings. The summed E-state index contributed by atoms with van der Waals surface area (Å²) < 4.78 is 5.40. The smallest absolute Gasteiger partial charge is 0.0644 e. The van der Waals surface area contributed by atoms with E-state index in [1.807, 2.05) is 6.08 Å². The lowest BCUT2D eigenvalue weighted by molar-refractivity contribution is 0.106. The van der Waals surface area contributed by atoms with Gasteiger partial charge in [0.05, 0.1) is 6.61 Å². The van der Waals surface area contributed by atoms with Crippen LogP contribution in [-0.4, -0.2) is 13.2 Å². The second-order valence-electron chi connectivity index (χ2n) is 3.33. The molecular formula is C10H18O. The summed E-state index contributed by atoms with van der Waals surface area (Å²) in [5, 5.41) is 0. The van der Waals surface area contributed by atoms with Gasteiger partial charge in [-0.2, -0.15) is 0 Å². The van der Waals surface area contributed by atoms with Gasteiger partial charge in [-0.15, -0.1) is 6.58 Å². The van der Waals surface area contributed by atoms with Crippen molar-refractivity contribution in [1.82, 2.24) is 0 Å². The summed E-state index contributed by atoms with van der Waals surface area (Å²) in [6.07, 6.45) is 8.80. The summed E-state index contributed by atoms with van der Waals surface area (Å²) in [5.41, 5.74) is 0. The molecule has 0 radical (unpaired) electrons. The first-order valence-corrected chi connectivity index (χ1v) is 4.62. The monoisotopic (exact) mass is 154 g/mol. The molecule has 0 aromatic heterocycles. The van der Waals surface area contributed by atoms with Crippen LogP contribution in [0.4, 0.5) is 0 Å². The summed E-state index contributed by atoms with van der Waals surface area (Å²) in [7, 11) is 0. The predicted molar refractivity (Wildman–Crippen MR) is 47.6 cm³/mol. The highest BCUT2D eigenvalue weighted by Crippen LogP contribution is 2.23. The van der Waals surface area contributed by atoms with Gasteiger partial charge in [-0.1, -0.05) is 25.3 Å². The third-order valence-electron chi connectivity index (χ3n) is 2.31. The van der Waals surface area contributed by atoms with Gasteiger partial charge in [-0.25, -0.2) is 0 Å². The molecule has 0 saturated heterocycles. The molecule has 0 spiro atoms. The number of hydrogen-bond donors (Lipinski definition) is 0. The third kappa shape index (κ3) is 3.57. The second kappa shape index (κ2) is 5.36. The normalized spacial score (nSPS) is 20.0. The molecule has 0 aliphatic heterocycles. The van der Waals surface area contributed by atoms with Crippen LogP contribution in [-0.2, 0) is 4.74 Å². The maximum absolute atomic E-state index is 5.40. The average Bonchev–Trinajstić information content (AvgIpc) is 2.07. The van der Waals surface area contributed by atoms with E-state index in [-0.39, 0.29) is 0 Å². The van der Waals surface area contributed by atoms with Gasteiger partial charge in [0.2, 0.25) is 0 Å². The fourth-order valence-electron chi connectivity index (χ4n) is 1.67. The van der Waals surface area contributed by atoms with Gasteiger partial charge < -0.3 is 4.74 Å². The van der Waals surface area contributed by atoms with E-state index < -0.39 is 0 Å².